The normalized spacial score (nSPS) is 42.8. The number of nitrogens with zero attached hydrogens (tertiary/aromatic N) is 1. The van der Waals surface area contributed by atoms with Gasteiger partial charge in [-0.3, -0.25) is 14.4 Å². The van der Waals surface area contributed by atoms with E-state index in [-0.39, 0.29) is 52.0 Å². The lowest BCUT2D eigenvalue weighted by Gasteiger charge is -2.73. The van der Waals surface area contributed by atoms with E-state index in [1.165, 1.54) is 50.5 Å². The first kappa shape index (κ1) is 37.9. The van der Waals surface area contributed by atoms with Gasteiger partial charge in [0.2, 0.25) is 5.91 Å². The van der Waals surface area contributed by atoms with Gasteiger partial charge in [-0.1, -0.05) is 67.5 Å². The Hall–Kier alpha value is -1.85. The number of carbonyl (C=O) groups excluding carboxylic acids is 2. The Kier molecular flexibility index (Phi) is 9.79. The van der Waals surface area contributed by atoms with Crippen LogP contribution in [0.4, 0.5) is 0 Å². The summed E-state index contributed by atoms with van der Waals surface area (Å²) in [5, 5.41) is 9.34. The van der Waals surface area contributed by atoms with Crippen molar-refractivity contribution in [3.8, 4) is 0 Å². The van der Waals surface area contributed by atoms with Crippen molar-refractivity contribution in [3.63, 3.8) is 0 Å². The van der Waals surface area contributed by atoms with E-state index in [0.29, 0.717) is 35.5 Å². The molecule has 6 fully saturated rings. The summed E-state index contributed by atoms with van der Waals surface area (Å²) in [6.45, 7) is 27.4. The SMILES string of the molecule is C=C(C)[C@@H]1CC[C@]2(CC(=O)N3CCC(C)CC3)CC[C@]3(C)[C@H](CC[C@@H]4[C@@]5(C)CC[C@H](OC(=O)CC(C)(C)CC(=O)O)C(C)(C)[C@@H]5CC[C@]43C)[C@@H]12. The van der Waals surface area contributed by atoms with Crippen LogP contribution in [0.2, 0.25) is 0 Å². The molecule has 0 aromatic rings. The first-order valence-electron chi connectivity index (χ1n) is 20.5. The smallest absolute Gasteiger partial charge is 0.306 e. The van der Waals surface area contributed by atoms with E-state index >= 15 is 0 Å². The molecule has 5 aliphatic carbocycles. The Bertz CT molecular complexity index is 1360. The van der Waals surface area contributed by atoms with Crippen LogP contribution in [0.3, 0.4) is 0 Å². The Balaban J connectivity index is 1.23. The second-order valence-electron chi connectivity index (χ2n) is 21.0. The predicted octanol–water partition coefficient (Wildman–Crippen LogP) is 10.1. The topological polar surface area (TPSA) is 83.9 Å². The van der Waals surface area contributed by atoms with E-state index < -0.39 is 11.4 Å². The third-order valence-electron chi connectivity index (χ3n) is 17.3. The molecule has 50 heavy (non-hydrogen) atoms. The number of rotatable bonds is 8. The quantitative estimate of drug-likeness (QED) is 0.202. The van der Waals surface area contributed by atoms with Gasteiger partial charge in [-0.2, -0.15) is 0 Å². The third-order valence-corrected chi connectivity index (χ3v) is 17.3. The fourth-order valence-corrected chi connectivity index (χ4v) is 14.5. The number of allylic oxidation sites excluding steroid dienone is 1. The lowest BCUT2D eigenvalue weighted by Crippen LogP contribution is -2.67. The van der Waals surface area contributed by atoms with Crippen molar-refractivity contribution < 1.29 is 24.2 Å². The largest absolute Gasteiger partial charge is 0.481 e. The summed E-state index contributed by atoms with van der Waals surface area (Å²) in [7, 11) is 0. The molecule has 1 N–H and O–H groups in total. The lowest BCUT2D eigenvalue weighted by atomic mass is 9.32. The second-order valence-corrected chi connectivity index (χ2v) is 21.0. The van der Waals surface area contributed by atoms with Crippen molar-refractivity contribution in [1.82, 2.24) is 4.90 Å². The number of aliphatic carboxylic acids is 1. The summed E-state index contributed by atoms with van der Waals surface area (Å²) < 4.78 is 6.29. The maximum absolute atomic E-state index is 14.0. The highest BCUT2D eigenvalue weighted by atomic mass is 16.5. The minimum atomic E-state index is -0.877. The molecule has 0 bridgehead atoms. The van der Waals surface area contributed by atoms with Crippen LogP contribution in [0.1, 0.15) is 159 Å². The van der Waals surface area contributed by atoms with Crippen LogP contribution in [-0.4, -0.2) is 47.0 Å². The number of carboxylic acids is 1. The maximum atomic E-state index is 14.0. The van der Waals surface area contributed by atoms with E-state index in [9.17, 15) is 19.5 Å². The molecule has 6 heteroatoms. The number of fused-ring (bicyclic) bond motifs is 7. The summed E-state index contributed by atoms with van der Waals surface area (Å²) in [4.78, 5) is 40.9. The number of carboxylic acid groups (broad SMARTS) is 1. The first-order chi connectivity index (χ1) is 23.2. The van der Waals surface area contributed by atoms with E-state index in [1.807, 2.05) is 13.8 Å². The van der Waals surface area contributed by atoms with Gasteiger partial charge in [-0.25, -0.2) is 0 Å². The van der Waals surface area contributed by atoms with Crippen LogP contribution in [-0.2, 0) is 19.1 Å². The number of amides is 1. The summed E-state index contributed by atoms with van der Waals surface area (Å²) in [6, 6.07) is 0. The molecule has 6 rings (SSSR count). The Morgan fingerprint density at radius 1 is 0.820 bits per heavy atom. The molecule has 0 aromatic heterocycles. The van der Waals surface area contributed by atoms with Crippen molar-refractivity contribution in [2.75, 3.05) is 13.1 Å². The van der Waals surface area contributed by atoms with Gasteiger partial charge in [0, 0.05) is 24.9 Å². The first-order valence-corrected chi connectivity index (χ1v) is 20.5. The highest BCUT2D eigenvalue weighted by molar-refractivity contribution is 5.77. The lowest BCUT2D eigenvalue weighted by molar-refractivity contribution is -0.250. The summed E-state index contributed by atoms with van der Waals surface area (Å²) in [6.07, 6.45) is 14.6. The van der Waals surface area contributed by atoms with Gasteiger partial charge in [0.05, 0.1) is 12.8 Å². The summed E-state index contributed by atoms with van der Waals surface area (Å²) in [5.74, 6) is 2.79. The van der Waals surface area contributed by atoms with Crippen molar-refractivity contribution in [1.29, 1.82) is 0 Å². The van der Waals surface area contributed by atoms with Crippen LogP contribution in [0, 0.1) is 68.0 Å². The number of hydrogen-bond donors (Lipinski definition) is 1. The third kappa shape index (κ3) is 6.10. The van der Waals surface area contributed by atoms with E-state index in [2.05, 4.69) is 59.9 Å². The highest BCUT2D eigenvalue weighted by Crippen LogP contribution is 2.78. The molecule has 5 saturated carbocycles. The predicted molar refractivity (Wildman–Crippen MR) is 199 cm³/mol. The zero-order chi connectivity index (χ0) is 36.7. The average molecular weight is 694 g/mol. The molecule has 1 saturated heterocycles. The monoisotopic (exact) mass is 694 g/mol. The summed E-state index contributed by atoms with van der Waals surface area (Å²) >= 11 is 0. The fourth-order valence-electron chi connectivity index (χ4n) is 14.5. The summed E-state index contributed by atoms with van der Waals surface area (Å²) in [5.41, 5.74) is 1.30. The van der Waals surface area contributed by atoms with Gasteiger partial charge in [0.15, 0.2) is 0 Å². The highest BCUT2D eigenvalue weighted by Gasteiger charge is 2.71. The Morgan fingerprint density at radius 3 is 2.14 bits per heavy atom. The fraction of sp³-hybridized carbons (Fsp3) is 0.886. The van der Waals surface area contributed by atoms with Crippen LogP contribution in [0.15, 0.2) is 12.2 Å². The molecule has 1 heterocycles. The molecule has 282 valence electrons. The molecule has 0 spiro atoms. The molecule has 6 nitrogen and oxygen atoms in total. The average Bonchev–Trinajstić information content (AvgIpc) is 3.38. The van der Waals surface area contributed by atoms with E-state index in [1.54, 1.807) is 0 Å². The van der Waals surface area contributed by atoms with E-state index in [4.69, 9.17) is 4.74 Å². The van der Waals surface area contributed by atoms with Crippen molar-refractivity contribution in [2.24, 2.45) is 68.0 Å². The Labute approximate surface area is 304 Å². The van der Waals surface area contributed by atoms with Crippen molar-refractivity contribution >= 4 is 17.8 Å². The minimum Gasteiger partial charge on any atom is -0.481 e. The van der Waals surface area contributed by atoms with Gasteiger partial charge in [-0.15, -0.1) is 0 Å². The van der Waals surface area contributed by atoms with Gasteiger partial charge >= 0.3 is 11.9 Å². The standard InChI is InChI=1S/C44H71NO5/c1-28(2)30-13-20-44(25-35(46)45-23-16-29(3)17-24-45)22-21-42(9)31(38(30)44)11-12-33-41(8)18-15-34(40(6,7)32(41)14-19-43(33,42)10)50-37(49)27-39(4,5)26-36(47)48/h29-34,38H,1,11-27H2,2-10H3,(H,47,48)/t30-,31+,32-,33+,34-,38+,41-,42+,43+,44+/m0/s1. The second kappa shape index (κ2) is 12.9. The van der Waals surface area contributed by atoms with Crippen molar-refractivity contribution in [3.05, 3.63) is 12.2 Å². The zero-order valence-corrected chi connectivity index (χ0v) is 33.3. The van der Waals surface area contributed by atoms with Crippen LogP contribution >= 0.6 is 0 Å². The molecule has 10 atom stereocenters. The molecule has 6 aliphatic rings. The van der Waals surface area contributed by atoms with Crippen LogP contribution in [0.25, 0.3) is 0 Å². The molecule has 0 radical (unpaired) electrons. The van der Waals surface area contributed by atoms with Gasteiger partial charge < -0.3 is 14.7 Å². The number of carbonyl (C=O) groups is 3. The number of esters is 1. The van der Waals surface area contributed by atoms with Crippen molar-refractivity contribution in [2.45, 2.75) is 165 Å². The number of piperidine rings is 1. The van der Waals surface area contributed by atoms with Crippen LogP contribution in [0.5, 0.6) is 0 Å². The molecule has 0 aromatic carbocycles. The number of likely N-dealkylation sites (tertiary alicyclic amines) is 1. The van der Waals surface area contributed by atoms with Gasteiger partial charge in [-0.05, 0) is 147 Å². The zero-order valence-electron chi connectivity index (χ0n) is 33.3. The maximum Gasteiger partial charge on any atom is 0.306 e. The number of hydrogen-bond acceptors (Lipinski definition) is 4. The molecular formula is C44H71NO5. The molecule has 0 unspecified atom stereocenters. The van der Waals surface area contributed by atoms with Crippen LogP contribution < -0.4 is 0 Å². The van der Waals surface area contributed by atoms with Gasteiger partial charge in [0.25, 0.3) is 0 Å². The van der Waals surface area contributed by atoms with E-state index in [0.717, 1.165) is 57.5 Å². The molecule has 1 aliphatic heterocycles. The Morgan fingerprint density at radius 2 is 1.50 bits per heavy atom. The number of ether oxygens (including phenoxy) is 1. The molecule has 1 amide bonds. The minimum absolute atomic E-state index is 0.0416. The molecular weight excluding hydrogens is 622 g/mol. The van der Waals surface area contributed by atoms with Gasteiger partial charge in [0.1, 0.15) is 6.10 Å².